The first-order valence-electron chi connectivity index (χ1n) is 6.92. The zero-order chi connectivity index (χ0) is 15.1. The number of urea groups is 1. The van der Waals surface area contributed by atoms with Crippen LogP contribution in [0.25, 0.3) is 0 Å². The first-order valence-corrected chi connectivity index (χ1v) is 6.92. The number of carbonyl (C=O) groups is 3. The monoisotopic (exact) mass is 290 g/mol. The molecule has 110 valence electrons. The third kappa shape index (κ3) is 2.41. The number of hydrogen-bond donors (Lipinski definition) is 1. The van der Waals surface area contributed by atoms with Crippen LogP contribution in [0.15, 0.2) is 24.3 Å². The molecule has 1 aliphatic carbocycles. The van der Waals surface area contributed by atoms with Gasteiger partial charge in [0.15, 0.2) is 0 Å². The second kappa shape index (κ2) is 4.95. The summed E-state index contributed by atoms with van der Waals surface area (Å²) in [7, 11) is 0. The van der Waals surface area contributed by atoms with Crippen molar-refractivity contribution < 1.29 is 18.8 Å². The topological polar surface area (TPSA) is 66.5 Å². The quantitative estimate of drug-likeness (QED) is 0.863. The van der Waals surface area contributed by atoms with E-state index in [9.17, 15) is 18.8 Å². The SMILES string of the molecule is CC(C1CC1)N1C(=O)NC(=O)C(c2ccc(F)cc2)C1=O. The highest BCUT2D eigenvalue weighted by atomic mass is 19.1. The van der Waals surface area contributed by atoms with E-state index in [4.69, 9.17) is 0 Å². The summed E-state index contributed by atoms with van der Waals surface area (Å²) < 4.78 is 13.0. The Morgan fingerprint density at radius 2 is 1.81 bits per heavy atom. The molecule has 2 unspecified atom stereocenters. The fourth-order valence-corrected chi connectivity index (χ4v) is 2.71. The molecule has 0 aromatic heterocycles. The van der Waals surface area contributed by atoms with Gasteiger partial charge >= 0.3 is 6.03 Å². The molecule has 1 saturated carbocycles. The van der Waals surface area contributed by atoms with Crippen LogP contribution < -0.4 is 5.32 Å². The van der Waals surface area contributed by atoms with Crippen LogP contribution in [0.2, 0.25) is 0 Å². The van der Waals surface area contributed by atoms with E-state index < -0.39 is 29.6 Å². The molecular weight excluding hydrogens is 275 g/mol. The van der Waals surface area contributed by atoms with E-state index in [0.717, 1.165) is 17.7 Å². The lowest BCUT2D eigenvalue weighted by molar-refractivity contribution is -0.140. The largest absolute Gasteiger partial charge is 0.331 e. The summed E-state index contributed by atoms with van der Waals surface area (Å²) in [5.74, 6) is -2.42. The number of barbiturate groups is 1. The van der Waals surface area contributed by atoms with Crippen molar-refractivity contribution in [2.24, 2.45) is 5.92 Å². The molecular formula is C15H15FN2O3. The summed E-state index contributed by atoms with van der Waals surface area (Å²) in [5, 5.41) is 2.22. The van der Waals surface area contributed by atoms with Gasteiger partial charge in [-0.05, 0) is 43.4 Å². The Bertz CT molecular complexity index is 610. The highest BCUT2D eigenvalue weighted by Crippen LogP contribution is 2.37. The summed E-state index contributed by atoms with van der Waals surface area (Å²) in [6.07, 6.45) is 1.96. The van der Waals surface area contributed by atoms with Gasteiger partial charge < -0.3 is 0 Å². The van der Waals surface area contributed by atoms with E-state index in [1.54, 1.807) is 0 Å². The molecule has 4 amide bonds. The Balaban J connectivity index is 1.92. The maximum Gasteiger partial charge on any atom is 0.331 e. The molecule has 21 heavy (non-hydrogen) atoms. The smallest absolute Gasteiger partial charge is 0.277 e. The average Bonchev–Trinajstić information content (AvgIpc) is 3.24. The van der Waals surface area contributed by atoms with Gasteiger partial charge in [-0.25, -0.2) is 9.18 Å². The van der Waals surface area contributed by atoms with Gasteiger partial charge in [0.1, 0.15) is 11.7 Å². The van der Waals surface area contributed by atoms with Gasteiger partial charge in [-0.15, -0.1) is 0 Å². The van der Waals surface area contributed by atoms with Gasteiger partial charge in [-0.3, -0.25) is 19.8 Å². The molecule has 2 atom stereocenters. The zero-order valence-electron chi connectivity index (χ0n) is 11.5. The number of nitrogens with one attached hydrogen (secondary N) is 1. The molecule has 0 radical (unpaired) electrons. The van der Waals surface area contributed by atoms with Crippen molar-refractivity contribution in [1.82, 2.24) is 10.2 Å². The molecule has 1 aromatic carbocycles. The van der Waals surface area contributed by atoms with Crippen LogP contribution >= 0.6 is 0 Å². The van der Waals surface area contributed by atoms with Gasteiger partial charge in [-0.2, -0.15) is 0 Å². The van der Waals surface area contributed by atoms with E-state index in [0.29, 0.717) is 11.5 Å². The number of rotatable bonds is 3. The predicted octanol–water partition coefficient (Wildman–Crippen LogP) is 1.79. The fourth-order valence-electron chi connectivity index (χ4n) is 2.71. The number of imide groups is 2. The standard InChI is InChI=1S/C15H15FN2O3/c1-8(9-2-3-9)18-14(20)12(13(19)17-15(18)21)10-4-6-11(16)7-5-10/h4-9,12H,2-3H2,1H3,(H,17,19,21). The summed E-state index contributed by atoms with van der Waals surface area (Å²) in [5.41, 5.74) is 0.388. The van der Waals surface area contributed by atoms with E-state index in [-0.39, 0.29) is 6.04 Å². The van der Waals surface area contributed by atoms with E-state index in [1.807, 2.05) is 6.92 Å². The highest BCUT2D eigenvalue weighted by Gasteiger charge is 2.46. The van der Waals surface area contributed by atoms with Crippen molar-refractivity contribution in [3.8, 4) is 0 Å². The number of nitrogens with zero attached hydrogens (tertiary/aromatic N) is 1. The van der Waals surface area contributed by atoms with Crippen LogP contribution in [-0.4, -0.2) is 28.8 Å². The van der Waals surface area contributed by atoms with Crippen molar-refractivity contribution >= 4 is 17.8 Å². The van der Waals surface area contributed by atoms with Crippen molar-refractivity contribution in [1.29, 1.82) is 0 Å². The van der Waals surface area contributed by atoms with Gasteiger partial charge in [-0.1, -0.05) is 12.1 Å². The molecule has 1 aromatic rings. The van der Waals surface area contributed by atoms with Crippen molar-refractivity contribution in [2.45, 2.75) is 31.7 Å². The molecule has 2 fully saturated rings. The van der Waals surface area contributed by atoms with Crippen molar-refractivity contribution in [3.05, 3.63) is 35.6 Å². The molecule has 6 heteroatoms. The van der Waals surface area contributed by atoms with Crippen LogP contribution in [0.5, 0.6) is 0 Å². The summed E-state index contributed by atoms with van der Waals surface area (Å²) in [4.78, 5) is 37.6. The van der Waals surface area contributed by atoms with Gasteiger partial charge in [0, 0.05) is 6.04 Å². The Labute approximate surface area is 121 Å². The van der Waals surface area contributed by atoms with E-state index >= 15 is 0 Å². The summed E-state index contributed by atoms with van der Waals surface area (Å²) in [6, 6.07) is 4.29. The highest BCUT2D eigenvalue weighted by molar-refractivity contribution is 6.19. The molecule has 1 N–H and O–H groups in total. The average molecular weight is 290 g/mol. The molecule has 1 aliphatic heterocycles. The number of hydrogen-bond acceptors (Lipinski definition) is 3. The van der Waals surface area contributed by atoms with Crippen LogP contribution in [0, 0.1) is 11.7 Å². The molecule has 1 saturated heterocycles. The second-order valence-electron chi connectivity index (χ2n) is 5.57. The minimum Gasteiger partial charge on any atom is -0.277 e. The number of carbonyl (C=O) groups excluding carboxylic acids is 3. The van der Waals surface area contributed by atoms with E-state index in [2.05, 4.69) is 5.32 Å². The number of halogens is 1. The van der Waals surface area contributed by atoms with Crippen LogP contribution in [0.1, 0.15) is 31.2 Å². The van der Waals surface area contributed by atoms with Crippen molar-refractivity contribution in [2.75, 3.05) is 0 Å². The number of amides is 4. The molecule has 2 aliphatic rings. The molecule has 3 rings (SSSR count). The zero-order valence-corrected chi connectivity index (χ0v) is 11.5. The Hall–Kier alpha value is -2.24. The summed E-state index contributed by atoms with van der Waals surface area (Å²) in [6.45, 7) is 1.81. The second-order valence-corrected chi connectivity index (χ2v) is 5.57. The Morgan fingerprint density at radius 3 is 2.38 bits per heavy atom. The normalized spacial score (nSPS) is 24.0. The Kier molecular flexibility index (Phi) is 3.23. The minimum absolute atomic E-state index is 0.228. The fraction of sp³-hybridized carbons (Fsp3) is 0.400. The molecule has 5 nitrogen and oxygen atoms in total. The molecule has 0 spiro atoms. The molecule has 1 heterocycles. The van der Waals surface area contributed by atoms with Crippen LogP contribution in [0.4, 0.5) is 9.18 Å². The minimum atomic E-state index is -1.09. The van der Waals surface area contributed by atoms with Crippen LogP contribution in [0.3, 0.4) is 0 Å². The van der Waals surface area contributed by atoms with Gasteiger partial charge in [0.2, 0.25) is 11.8 Å². The van der Waals surface area contributed by atoms with Crippen LogP contribution in [-0.2, 0) is 9.59 Å². The lowest BCUT2D eigenvalue weighted by atomic mass is 9.94. The van der Waals surface area contributed by atoms with E-state index in [1.165, 1.54) is 24.3 Å². The maximum absolute atomic E-state index is 13.0. The predicted molar refractivity (Wildman–Crippen MR) is 71.7 cm³/mol. The first kappa shape index (κ1) is 13.7. The van der Waals surface area contributed by atoms with Crippen molar-refractivity contribution in [3.63, 3.8) is 0 Å². The third-order valence-corrected chi connectivity index (χ3v) is 4.11. The lowest BCUT2D eigenvalue weighted by Gasteiger charge is -2.34. The third-order valence-electron chi connectivity index (χ3n) is 4.11. The van der Waals surface area contributed by atoms with Gasteiger partial charge in [0.05, 0.1) is 0 Å². The molecule has 0 bridgehead atoms. The summed E-state index contributed by atoms with van der Waals surface area (Å²) >= 11 is 0. The number of benzene rings is 1. The first-order chi connectivity index (χ1) is 9.99. The Morgan fingerprint density at radius 1 is 1.19 bits per heavy atom. The van der Waals surface area contributed by atoms with Gasteiger partial charge in [0.25, 0.3) is 0 Å². The maximum atomic E-state index is 13.0. The lowest BCUT2D eigenvalue weighted by Crippen LogP contribution is -2.59.